The molecule has 1 saturated heterocycles. The molecule has 1 aliphatic rings. The lowest BCUT2D eigenvalue weighted by Crippen LogP contribution is -2.43. The zero-order valence-electron chi connectivity index (χ0n) is 12.7. The predicted molar refractivity (Wildman–Crippen MR) is 86.0 cm³/mol. The number of aliphatic hydroxyl groups is 1. The van der Waals surface area contributed by atoms with Crippen LogP contribution in [-0.2, 0) is 11.8 Å². The molecule has 0 unspecified atom stereocenters. The minimum absolute atomic E-state index is 0.269. The molecule has 0 spiro atoms. The number of benzene rings is 1. The Bertz CT molecular complexity index is 728. The zero-order chi connectivity index (χ0) is 17.4. The third kappa shape index (κ3) is 3.35. The Morgan fingerprint density at radius 1 is 1.12 bits per heavy atom. The standard InChI is InChI=1S/C17H16ClF3N2O/c18-14-4-2-1-3-13(14)16(24)6-9-23(10-7-16)15-11-12(5-8-22-15)17(19,20)21/h1-5,8,11,24H,6-7,9-10H2. The molecule has 3 rings (SSSR count). The number of halogens is 4. The van der Waals surface area contributed by atoms with Gasteiger partial charge in [-0.1, -0.05) is 29.8 Å². The van der Waals surface area contributed by atoms with E-state index in [4.69, 9.17) is 11.6 Å². The van der Waals surface area contributed by atoms with E-state index in [0.29, 0.717) is 36.5 Å². The van der Waals surface area contributed by atoms with Crippen LogP contribution in [0.1, 0.15) is 24.0 Å². The highest BCUT2D eigenvalue weighted by Crippen LogP contribution is 2.38. The molecule has 0 atom stereocenters. The van der Waals surface area contributed by atoms with Gasteiger partial charge in [0.25, 0.3) is 0 Å². The van der Waals surface area contributed by atoms with E-state index in [9.17, 15) is 18.3 Å². The van der Waals surface area contributed by atoms with Gasteiger partial charge in [0.15, 0.2) is 0 Å². The fraction of sp³-hybridized carbons (Fsp3) is 0.353. The topological polar surface area (TPSA) is 36.4 Å². The maximum atomic E-state index is 12.8. The highest BCUT2D eigenvalue weighted by atomic mass is 35.5. The fourth-order valence-corrected chi connectivity index (χ4v) is 3.29. The van der Waals surface area contributed by atoms with Crippen LogP contribution in [0, 0.1) is 0 Å². The summed E-state index contributed by atoms with van der Waals surface area (Å²) >= 11 is 6.16. The van der Waals surface area contributed by atoms with Gasteiger partial charge in [-0.2, -0.15) is 13.2 Å². The molecule has 1 N–H and O–H groups in total. The van der Waals surface area contributed by atoms with Crippen molar-refractivity contribution in [2.45, 2.75) is 24.6 Å². The van der Waals surface area contributed by atoms with Crippen molar-refractivity contribution < 1.29 is 18.3 Å². The molecule has 2 heterocycles. The molecule has 0 radical (unpaired) electrons. The Labute approximate surface area is 142 Å². The van der Waals surface area contributed by atoms with Crippen LogP contribution in [0.25, 0.3) is 0 Å². The van der Waals surface area contributed by atoms with Gasteiger partial charge in [-0.05, 0) is 31.0 Å². The second-order valence-electron chi connectivity index (χ2n) is 5.90. The number of alkyl halides is 3. The lowest BCUT2D eigenvalue weighted by atomic mass is 9.84. The van der Waals surface area contributed by atoms with E-state index in [1.54, 1.807) is 29.2 Å². The van der Waals surface area contributed by atoms with Crippen LogP contribution in [0.5, 0.6) is 0 Å². The van der Waals surface area contributed by atoms with Crippen molar-refractivity contribution >= 4 is 17.4 Å². The summed E-state index contributed by atoms with van der Waals surface area (Å²) in [5.41, 5.74) is -1.14. The molecule has 0 bridgehead atoms. The SMILES string of the molecule is OC1(c2ccccc2Cl)CCN(c2cc(C(F)(F)F)ccn2)CC1. The summed E-state index contributed by atoms with van der Waals surface area (Å²) in [5.74, 6) is 0.269. The lowest BCUT2D eigenvalue weighted by molar-refractivity contribution is -0.137. The highest BCUT2D eigenvalue weighted by Gasteiger charge is 2.36. The van der Waals surface area contributed by atoms with Gasteiger partial charge in [-0.25, -0.2) is 4.98 Å². The molecule has 3 nitrogen and oxygen atoms in total. The molecule has 1 aromatic heterocycles. The van der Waals surface area contributed by atoms with Gasteiger partial charge in [0.2, 0.25) is 0 Å². The summed E-state index contributed by atoms with van der Waals surface area (Å²) in [4.78, 5) is 5.78. The Kier molecular flexibility index (Phi) is 4.44. The van der Waals surface area contributed by atoms with Crippen molar-refractivity contribution in [3.63, 3.8) is 0 Å². The summed E-state index contributed by atoms with van der Waals surface area (Å²) in [6.07, 6.45) is -2.50. The summed E-state index contributed by atoms with van der Waals surface area (Å²) in [6, 6.07) is 9.08. The van der Waals surface area contributed by atoms with Crippen LogP contribution in [0.2, 0.25) is 5.02 Å². The number of pyridine rings is 1. The molecule has 2 aromatic rings. The number of hydrogen-bond donors (Lipinski definition) is 1. The van der Waals surface area contributed by atoms with E-state index in [1.807, 2.05) is 0 Å². The molecule has 1 fully saturated rings. The van der Waals surface area contributed by atoms with Gasteiger partial charge in [0, 0.05) is 29.9 Å². The van der Waals surface area contributed by atoms with Crippen LogP contribution in [0.15, 0.2) is 42.6 Å². The van der Waals surface area contributed by atoms with Gasteiger partial charge < -0.3 is 10.0 Å². The Hall–Kier alpha value is -1.79. The van der Waals surface area contributed by atoms with E-state index >= 15 is 0 Å². The Morgan fingerprint density at radius 2 is 1.79 bits per heavy atom. The maximum absolute atomic E-state index is 12.8. The average Bonchev–Trinajstić information content (AvgIpc) is 2.55. The second kappa shape index (κ2) is 6.26. The van der Waals surface area contributed by atoms with E-state index in [1.165, 1.54) is 0 Å². The summed E-state index contributed by atoms with van der Waals surface area (Å²) < 4.78 is 38.5. The molecule has 7 heteroatoms. The zero-order valence-corrected chi connectivity index (χ0v) is 13.5. The van der Waals surface area contributed by atoms with Gasteiger partial charge >= 0.3 is 6.18 Å². The van der Waals surface area contributed by atoms with Gasteiger partial charge in [-0.15, -0.1) is 0 Å². The second-order valence-corrected chi connectivity index (χ2v) is 6.31. The van der Waals surface area contributed by atoms with E-state index in [0.717, 1.165) is 18.3 Å². The van der Waals surface area contributed by atoms with Crippen molar-refractivity contribution in [1.82, 2.24) is 4.98 Å². The predicted octanol–water partition coefficient (Wildman–Crippen LogP) is 4.24. The number of rotatable bonds is 2. The number of anilines is 1. The van der Waals surface area contributed by atoms with E-state index in [2.05, 4.69) is 4.98 Å². The first-order valence-electron chi connectivity index (χ1n) is 7.55. The third-order valence-corrected chi connectivity index (χ3v) is 4.69. The van der Waals surface area contributed by atoms with Crippen LogP contribution in [0.4, 0.5) is 19.0 Å². The van der Waals surface area contributed by atoms with Gasteiger partial charge in [0.05, 0.1) is 11.2 Å². The van der Waals surface area contributed by atoms with Crippen molar-refractivity contribution in [2.75, 3.05) is 18.0 Å². The first-order valence-corrected chi connectivity index (χ1v) is 7.93. The number of hydrogen-bond acceptors (Lipinski definition) is 3. The minimum Gasteiger partial charge on any atom is -0.385 e. The molecular formula is C17H16ClF3N2O. The first kappa shape index (κ1) is 17.0. The molecule has 24 heavy (non-hydrogen) atoms. The lowest BCUT2D eigenvalue weighted by Gasteiger charge is -2.39. The molecule has 0 amide bonds. The summed E-state index contributed by atoms with van der Waals surface area (Å²) in [7, 11) is 0. The number of piperidine rings is 1. The molecule has 0 aliphatic carbocycles. The smallest absolute Gasteiger partial charge is 0.385 e. The highest BCUT2D eigenvalue weighted by molar-refractivity contribution is 6.31. The van der Waals surface area contributed by atoms with Crippen LogP contribution in [0.3, 0.4) is 0 Å². The summed E-state index contributed by atoms with van der Waals surface area (Å²) in [6.45, 7) is 0.798. The monoisotopic (exact) mass is 356 g/mol. The summed E-state index contributed by atoms with van der Waals surface area (Å²) in [5, 5.41) is 11.4. The minimum atomic E-state index is -4.40. The van der Waals surface area contributed by atoms with Gasteiger partial charge in [-0.3, -0.25) is 0 Å². The quantitative estimate of drug-likeness (QED) is 0.874. The molecule has 0 saturated carbocycles. The molecule has 1 aromatic carbocycles. The average molecular weight is 357 g/mol. The largest absolute Gasteiger partial charge is 0.416 e. The first-order chi connectivity index (χ1) is 11.3. The number of nitrogens with zero attached hydrogens (tertiary/aromatic N) is 2. The Morgan fingerprint density at radius 3 is 2.42 bits per heavy atom. The van der Waals surface area contributed by atoms with Crippen LogP contribution < -0.4 is 4.90 Å². The fourth-order valence-electron chi connectivity index (χ4n) is 2.98. The van der Waals surface area contributed by atoms with Crippen molar-refractivity contribution in [2.24, 2.45) is 0 Å². The third-order valence-electron chi connectivity index (χ3n) is 4.36. The van der Waals surface area contributed by atoms with E-state index in [-0.39, 0.29) is 5.82 Å². The van der Waals surface area contributed by atoms with E-state index < -0.39 is 17.3 Å². The van der Waals surface area contributed by atoms with Crippen molar-refractivity contribution in [3.05, 3.63) is 58.7 Å². The van der Waals surface area contributed by atoms with Crippen LogP contribution >= 0.6 is 11.6 Å². The molecule has 1 aliphatic heterocycles. The molecule has 128 valence electrons. The Balaban J connectivity index is 1.77. The van der Waals surface area contributed by atoms with Crippen LogP contribution in [-0.4, -0.2) is 23.2 Å². The maximum Gasteiger partial charge on any atom is 0.416 e. The molecular weight excluding hydrogens is 341 g/mol. The normalized spacial score (nSPS) is 17.8. The van der Waals surface area contributed by atoms with Crippen molar-refractivity contribution in [3.8, 4) is 0 Å². The van der Waals surface area contributed by atoms with Crippen molar-refractivity contribution in [1.29, 1.82) is 0 Å². The number of aromatic nitrogens is 1. The van der Waals surface area contributed by atoms with Gasteiger partial charge in [0.1, 0.15) is 5.82 Å².